The third kappa shape index (κ3) is 4.37. The fraction of sp³-hybridized carbons (Fsp3) is 0.0714. The fourth-order valence-electron chi connectivity index (χ4n) is 1.86. The molecule has 10 heteroatoms. The summed E-state index contributed by atoms with van der Waals surface area (Å²) in [6.07, 6.45) is 0. The van der Waals surface area contributed by atoms with Crippen molar-refractivity contribution in [3.05, 3.63) is 62.6 Å². The normalized spacial score (nSPS) is 12.0. The maximum atomic E-state index is 11.3. The molecule has 0 heterocycles. The average Bonchev–Trinajstić information content (AvgIpc) is 2.51. The number of rotatable bonds is 5. The highest BCUT2D eigenvalue weighted by atomic mass is 79.9. The van der Waals surface area contributed by atoms with Gasteiger partial charge in [0.1, 0.15) is 5.69 Å². The Morgan fingerprint density at radius 2 is 2.00 bits per heavy atom. The summed E-state index contributed by atoms with van der Waals surface area (Å²) in [5.41, 5.74) is 3.62. The zero-order valence-corrected chi connectivity index (χ0v) is 14.8. The number of primary sulfonamides is 1. The Bertz CT molecular complexity index is 928. The molecule has 0 unspecified atom stereocenters. The van der Waals surface area contributed by atoms with E-state index in [4.69, 9.17) is 5.14 Å². The van der Waals surface area contributed by atoms with Crippen LogP contribution in [0.3, 0.4) is 0 Å². The smallest absolute Gasteiger partial charge is 0.271 e. The number of nitro benzene ring substituents is 1. The third-order valence-electron chi connectivity index (χ3n) is 3.08. The van der Waals surface area contributed by atoms with Crippen molar-refractivity contribution in [3.8, 4) is 0 Å². The second-order valence-corrected chi connectivity index (χ2v) is 7.28. The van der Waals surface area contributed by atoms with Crippen molar-refractivity contribution in [1.82, 2.24) is 0 Å². The highest BCUT2D eigenvalue weighted by molar-refractivity contribution is 9.10. The average molecular weight is 413 g/mol. The molecule has 2 rings (SSSR count). The van der Waals surface area contributed by atoms with Crippen molar-refractivity contribution in [2.24, 2.45) is 10.2 Å². The van der Waals surface area contributed by atoms with Gasteiger partial charge < -0.3 is 0 Å². The first-order valence-corrected chi connectivity index (χ1v) is 8.90. The molecule has 0 spiro atoms. The Morgan fingerprint density at radius 1 is 1.29 bits per heavy atom. The van der Waals surface area contributed by atoms with E-state index in [1.54, 1.807) is 6.92 Å². The van der Waals surface area contributed by atoms with Crippen molar-refractivity contribution in [2.45, 2.75) is 11.8 Å². The number of hydrazone groups is 1. The van der Waals surface area contributed by atoms with E-state index in [0.717, 1.165) is 16.1 Å². The molecule has 0 saturated heterocycles. The number of benzene rings is 2. The Balaban J connectivity index is 2.36. The number of halogens is 1. The second kappa shape index (κ2) is 7.07. The molecule has 0 amide bonds. The number of sulfonamides is 1. The van der Waals surface area contributed by atoms with E-state index >= 15 is 0 Å². The summed E-state index contributed by atoms with van der Waals surface area (Å²) in [6, 6.07) is 10.7. The van der Waals surface area contributed by atoms with Gasteiger partial charge in [0.25, 0.3) is 5.69 Å². The topological polar surface area (TPSA) is 128 Å². The number of hydrogen-bond donors (Lipinski definition) is 2. The fourth-order valence-corrected chi connectivity index (χ4v) is 2.79. The van der Waals surface area contributed by atoms with Crippen LogP contribution in [0.1, 0.15) is 12.5 Å². The van der Waals surface area contributed by atoms with Gasteiger partial charge in [0.05, 0.1) is 15.5 Å². The van der Waals surface area contributed by atoms with Crippen LogP contribution < -0.4 is 10.6 Å². The van der Waals surface area contributed by atoms with Crippen LogP contribution in [0.15, 0.2) is 56.9 Å². The van der Waals surface area contributed by atoms with Crippen LogP contribution in [0.5, 0.6) is 0 Å². The third-order valence-corrected chi connectivity index (χ3v) is 4.49. The van der Waals surface area contributed by atoms with Gasteiger partial charge in [-0.15, -0.1) is 0 Å². The van der Waals surface area contributed by atoms with E-state index in [9.17, 15) is 18.5 Å². The highest BCUT2D eigenvalue weighted by Crippen LogP contribution is 2.27. The summed E-state index contributed by atoms with van der Waals surface area (Å²) in [5.74, 6) is 0. The van der Waals surface area contributed by atoms with Gasteiger partial charge in [-0.25, -0.2) is 13.6 Å². The van der Waals surface area contributed by atoms with Crippen molar-refractivity contribution in [3.63, 3.8) is 0 Å². The van der Waals surface area contributed by atoms with Crippen LogP contribution in [0.4, 0.5) is 11.4 Å². The largest absolute Gasteiger partial charge is 0.295 e. The van der Waals surface area contributed by atoms with Gasteiger partial charge >= 0.3 is 0 Å². The standard InChI is InChI=1S/C14H13BrN4O4S/c1-9(10-3-2-4-11(15)7-10)17-18-13-6-5-12(24(16,22)23)8-14(13)19(20)21/h2-8,18H,1H3,(H2,16,22,23). The molecular formula is C14H13BrN4O4S. The number of nitrogens with one attached hydrogen (secondary N) is 1. The van der Waals surface area contributed by atoms with Crippen molar-refractivity contribution in [2.75, 3.05) is 5.43 Å². The van der Waals surface area contributed by atoms with E-state index in [1.807, 2.05) is 24.3 Å². The number of nitrogens with zero attached hydrogens (tertiary/aromatic N) is 2. The molecular weight excluding hydrogens is 400 g/mol. The predicted molar refractivity (Wildman–Crippen MR) is 94.4 cm³/mol. The monoisotopic (exact) mass is 412 g/mol. The quantitative estimate of drug-likeness (QED) is 0.443. The lowest BCUT2D eigenvalue weighted by Crippen LogP contribution is -2.12. The molecule has 0 aromatic heterocycles. The SMILES string of the molecule is CC(=NNc1ccc(S(N)(=O)=O)cc1[N+](=O)[O-])c1cccc(Br)c1. The minimum Gasteiger partial charge on any atom is -0.271 e. The summed E-state index contributed by atoms with van der Waals surface area (Å²) >= 11 is 3.35. The molecule has 0 aliphatic carbocycles. The molecule has 0 aliphatic rings. The zero-order chi connectivity index (χ0) is 17.9. The Kier molecular flexibility index (Phi) is 5.32. The summed E-state index contributed by atoms with van der Waals surface area (Å²) in [7, 11) is -4.03. The summed E-state index contributed by atoms with van der Waals surface area (Å²) in [6.45, 7) is 1.74. The van der Waals surface area contributed by atoms with Crippen LogP contribution in [0, 0.1) is 10.1 Å². The number of nitro groups is 1. The lowest BCUT2D eigenvalue weighted by molar-refractivity contribution is -0.384. The molecule has 8 nitrogen and oxygen atoms in total. The molecule has 0 atom stereocenters. The Morgan fingerprint density at radius 3 is 2.58 bits per heavy atom. The number of nitrogens with two attached hydrogens (primary N) is 1. The molecule has 3 N–H and O–H groups in total. The van der Waals surface area contributed by atoms with E-state index in [0.29, 0.717) is 5.71 Å². The van der Waals surface area contributed by atoms with Gasteiger partial charge in [0.15, 0.2) is 0 Å². The Labute approximate surface area is 146 Å². The van der Waals surface area contributed by atoms with Gasteiger partial charge in [-0.1, -0.05) is 28.1 Å². The molecule has 0 radical (unpaired) electrons. The van der Waals surface area contributed by atoms with Crippen LogP contribution in [0.25, 0.3) is 0 Å². The summed E-state index contributed by atoms with van der Waals surface area (Å²) < 4.78 is 23.5. The highest BCUT2D eigenvalue weighted by Gasteiger charge is 2.19. The minimum absolute atomic E-state index is 0.0572. The van der Waals surface area contributed by atoms with E-state index in [2.05, 4.69) is 26.5 Å². The van der Waals surface area contributed by atoms with E-state index in [1.165, 1.54) is 12.1 Å². The summed E-state index contributed by atoms with van der Waals surface area (Å²) in [5, 5.41) is 20.2. The first-order valence-electron chi connectivity index (χ1n) is 6.56. The molecule has 0 aliphatic heterocycles. The van der Waals surface area contributed by atoms with Gasteiger partial charge in [-0.05, 0) is 36.8 Å². The van der Waals surface area contributed by atoms with Crippen LogP contribution in [-0.4, -0.2) is 19.1 Å². The van der Waals surface area contributed by atoms with Gasteiger partial charge in [-0.2, -0.15) is 5.10 Å². The molecule has 24 heavy (non-hydrogen) atoms. The van der Waals surface area contributed by atoms with E-state index < -0.39 is 20.6 Å². The predicted octanol–water partition coefficient (Wildman–Crippen LogP) is 2.84. The van der Waals surface area contributed by atoms with Gasteiger partial charge in [0, 0.05) is 10.5 Å². The molecule has 2 aromatic rings. The molecule has 0 bridgehead atoms. The second-order valence-electron chi connectivity index (χ2n) is 4.80. The molecule has 0 saturated carbocycles. The molecule has 2 aromatic carbocycles. The van der Waals surface area contributed by atoms with Gasteiger partial charge in [-0.3, -0.25) is 15.5 Å². The van der Waals surface area contributed by atoms with Crippen LogP contribution in [0.2, 0.25) is 0 Å². The first kappa shape index (κ1) is 18.0. The first-order chi connectivity index (χ1) is 11.2. The molecule has 126 valence electrons. The van der Waals surface area contributed by atoms with Crippen LogP contribution in [-0.2, 0) is 10.0 Å². The minimum atomic E-state index is -4.03. The molecule has 0 fully saturated rings. The van der Waals surface area contributed by atoms with Crippen LogP contribution >= 0.6 is 15.9 Å². The van der Waals surface area contributed by atoms with Crippen molar-refractivity contribution < 1.29 is 13.3 Å². The summed E-state index contributed by atoms with van der Waals surface area (Å²) in [4.78, 5) is 10.1. The maximum Gasteiger partial charge on any atom is 0.295 e. The van der Waals surface area contributed by atoms with Crippen molar-refractivity contribution >= 4 is 43.0 Å². The maximum absolute atomic E-state index is 11.3. The lowest BCUT2D eigenvalue weighted by Gasteiger charge is -2.06. The number of hydrogen-bond acceptors (Lipinski definition) is 6. The lowest BCUT2D eigenvalue weighted by atomic mass is 10.1. The van der Waals surface area contributed by atoms with E-state index in [-0.39, 0.29) is 10.6 Å². The number of anilines is 1. The zero-order valence-electron chi connectivity index (χ0n) is 12.4. The van der Waals surface area contributed by atoms with Crippen molar-refractivity contribution in [1.29, 1.82) is 0 Å². The Hall–Kier alpha value is -2.30. The van der Waals surface area contributed by atoms with Gasteiger partial charge in [0.2, 0.25) is 10.0 Å².